The molecule has 0 fully saturated rings. The van der Waals surface area contributed by atoms with Crippen molar-refractivity contribution < 1.29 is 19.4 Å². The lowest BCUT2D eigenvalue weighted by Gasteiger charge is -2.20. The molecule has 0 spiro atoms. The molecule has 112 valence electrons. The number of carboxylic acids is 1. The summed E-state index contributed by atoms with van der Waals surface area (Å²) in [5.74, 6) is -0.892. The first kappa shape index (κ1) is 17.7. The van der Waals surface area contributed by atoms with Crippen LogP contribution in [0.3, 0.4) is 0 Å². The van der Waals surface area contributed by atoms with E-state index in [0.29, 0.717) is 19.7 Å². The second kappa shape index (κ2) is 10.6. The van der Waals surface area contributed by atoms with Crippen molar-refractivity contribution in [1.82, 2.24) is 10.2 Å². The quantitative estimate of drug-likeness (QED) is 0.594. The fraction of sp³-hybridized carbons (Fsp3) is 0.846. The lowest BCUT2D eigenvalue weighted by molar-refractivity contribution is -0.137. The van der Waals surface area contributed by atoms with Crippen molar-refractivity contribution in [2.75, 3.05) is 26.2 Å². The predicted molar refractivity (Wildman–Crippen MR) is 73.2 cm³/mol. The van der Waals surface area contributed by atoms with Gasteiger partial charge in [-0.25, -0.2) is 4.79 Å². The molecular formula is C13H26N2O4. The van der Waals surface area contributed by atoms with Gasteiger partial charge in [0.15, 0.2) is 0 Å². The Labute approximate surface area is 115 Å². The van der Waals surface area contributed by atoms with Crippen LogP contribution in [0.25, 0.3) is 0 Å². The van der Waals surface area contributed by atoms with Gasteiger partial charge in [0, 0.05) is 26.2 Å². The maximum atomic E-state index is 11.7. The van der Waals surface area contributed by atoms with Crippen LogP contribution in [0.5, 0.6) is 0 Å². The monoisotopic (exact) mass is 274 g/mol. The van der Waals surface area contributed by atoms with Crippen molar-refractivity contribution in [3.8, 4) is 0 Å². The molecule has 0 unspecified atom stereocenters. The molecule has 0 bridgehead atoms. The number of hydrogen-bond donors (Lipinski definition) is 2. The number of ether oxygens (including phenoxy) is 1. The molecule has 0 aromatic carbocycles. The molecule has 0 saturated carbocycles. The number of rotatable bonds is 10. The highest BCUT2D eigenvalue weighted by atomic mass is 16.5. The Balaban J connectivity index is 3.67. The zero-order valence-corrected chi connectivity index (χ0v) is 12.1. The van der Waals surface area contributed by atoms with E-state index in [-0.39, 0.29) is 25.1 Å². The lowest BCUT2D eigenvalue weighted by Crippen LogP contribution is -2.41. The Morgan fingerprint density at radius 1 is 1.32 bits per heavy atom. The standard InChI is InChI=1S/C13H26N2O4/c1-4-15(9-7-12(16)17)13(18)14-8-5-6-10-19-11(2)3/h11H,4-10H2,1-3H3,(H,14,18)(H,16,17). The Kier molecular flexibility index (Phi) is 9.88. The van der Waals surface area contributed by atoms with Crippen LogP contribution < -0.4 is 5.32 Å². The third kappa shape index (κ3) is 10.3. The minimum atomic E-state index is -0.892. The van der Waals surface area contributed by atoms with Crippen molar-refractivity contribution >= 4 is 12.0 Å². The third-order valence-electron chi connectivity index (χ3n) is 2.56. The number of aliphatic carboxylic acids is 1. The lowest BCUT2D eigenvalue weighted by atomic mass is 10.3. The van der Waals surface area contributed by atoms with Gasteiger partial charge in [0.25, 0.3) is 0 Å². The van der Waals surface area contributed by atoms with Gasteiger partial charge in [0.1, 0.15) is 0 Å². The van der Waals surface area contributed by atoms with Crippen LogP contribution in [0.15, 0.2) is 0 Å². The maximum absolute atomic E-state index is 11.7. The van der Waals surface area contributed by atoms with Gasteiger partial charge in [-0.1, -0.05) is 0 Å². The van der Waals surface area contributed by atoms with Gasteiger partial charge in [0.05, 0.1) is 12.5 Å². The molecule has 0 radical (unpaired) electrons. The van der Waals surface area contributed by atoms with E-state index in [0.717, 1.165) is 12.8 Å². The fourth-order valence-electron chi connectivity index (χ4n) is 1.49. The van der Waals surface area contributed by atoms with E-state index in [2.05, 4.69) is 5.32 Å². The van der Waals surface area contributed by atoms with Crippen LogP contribution in [0.1, 0.15) is 40.0 Å². The van der Waals surface area contributed by atoms with E-state index >= 15 is 0 Å². The summed E-state index contributed by atoms with van der Waals surface area (Å²) < 4.78 is 5.39. The molecule has 0 rings (SSSR count). The van der Waals surface area contributed by atoms with Crippen LogP contribution in [0.4, 0.5) is 4.79 Å². The van der Waals surface area contributed by atoms with Crippen molar-refractivity contribution in [3.63, 3.8) is 0 Å². The molecule has 0 aliphatic carbocycles. The van der Waals surface area contributed by atoms with Gasteiger partial charge in [0.2, 0.25) is 0 Å². The topological polar surface area (TPSA) is 78.9 Å². The SMILES string of the molecule is CCN(CCC(=O)O)C(=O)NCCCCOC(C)C. The first-order valence-corrected chi connectivity index (χ1v) is 6.83. The van der Waals surface area contributed by atoms with Gasteiger partial charge in [-0.15, -0.1) is 0 Å². The molecule has 6 heteroatoms. The van der Waals surface area contributed by atoms with Gasteiger partial charge < -0.3 is 20.1 Å². The van der Waals surface area contributed by atoms with Crippen molar-refractivity contribution in [3.05, 3.63) is 0 Å². The van der Waals surface area contributed by atoms with Crippen LogP contribution in [0, 0.1) is 0 Å². The molecular weight excluding hydrogens is 248 g/mol. The number of nitrogens with one attached hydrogen (secondary N) is 1. The van der Waals surface area contributed by atoms with Crippen molar-refractivity contribution in [2.45, 2.75) is 46.1 Å². The molecule has 0 aromatic rings. The Hall–Kier alpha value is -1.30. The molecule has 19 heavy (non-hydrogen) atoms. The number of nitrogens with zero attached hydrogens (tertiary/aromatic N) is 1. The number of carboxylic acid groups (broad SMARTS) is 1. The molecule has 0 aliphatic rings. The fourth-order valence-corrected chi connectivity index (χ4v) is 1.49. The third-order valence-corrected chi connectivity index (χ3v) is 2.56. The van der Waals surface area contributed by atoms with Crippen LogP contribution in [-0.4, -0.2) is 54.4 Å². The number of carbonyl (C=O) groups is 2. The molecule has 6 nitrogen and oxygen atoms in total. The van der Waals surface area contributed by atoms with Gasteiger partial charge in [-0.05, 0) is 33.6 Å². The van der Waals surface area contributed by atoms with Crippen molar-refractivity contribution in [2.24, 2.45) is 0 Å². The number of unbranched alkanes of at least 4 members (excludes halogenated alkanes) is 1. The van der Waals surface area contributed by atoms with Gasteiger partial charge in [-0.2, -0.15) is 0 Å². The Morgan fingerprint density at radius 3 is 2.53 bits per heavy atom. The normalized spacial score (nSPS) is 10.5. The predicted octanol–water partition coefficient (Wildman–Crippen LogP) is 1.70. The zero-order chi connectivity index (χ0) is 14.7. The highest BCUT2D eigenvalue weighted by Crippen LogP contribution is 1.96. The first-order chi connectivity index (χ1) is 8.97. The minimum Gasteiger partial charge on any atom is -0.481 e. The average Bonchev–Trinajstić information content (AvgIpc) is 2.33. The molecule has 0 heterocycles. The van der Waals surface area contributed by atoms with Gasteiger partial charge >= 0.3 is 12.0 Å². The second-order valence-corrected chi connectivity index (χ2v) is 4.58. The van der Waals surface area contributed by atoms with E-state index < -0.39 is 5.97 Å². The summed E-state index contributed by atoms with van der Waals surface area (Å²) >= 11 is 0. The van der Waals surface area contributed by atoms with E-state index in [4.69, 9.17) is 9.84 Å². The summed E-state index contributed by atoms with van der Waals surface area (Å²) in [6.07, 6.45) is 1.97. The number of hydrogen-bond acceptors (Lipinski definition) is 3. The second-order valence-electron chi connectivity index (χ2n) is 4.58. The molecule has 0 atom stereocenters. The highest BCUT2D eigenvalue weighted by molar-refractivity contribution is 5.75. The molecule has 0 saturated heterocycles. The minimum absolute atomic E-state index is 0.0243. The van der Waals surface area contributed by atoms with Crippen LogP contribution in [0.2, 0.25) is 0 Å². The molecule has 2 N–H and O–H groups in total. The molecule has 0 aromatic heterocycles. The Morgan fingerprint density at radius 2 is 2.00 bits per heavy atom. The largest absolute Gasteiger partial charge is 0.481 e. The number of amides is 2. The van der Waals surface area contributed by atoms with Gasteiger partial charge in [-0.3, -0.25) is 4.79 Å². The molecule has 2 amide bonds. The summed E-state index contributed by atoms with van der Waals surface area (Å²) in [4.78, 5) is 23.7. The summed E-state index contributed by atoms with van der Waals surface area (Å²) in [6, 6.07) is -0.200. The first-order valence-electron chi connectivity index (χ1n) is 6.83. The smallest absolute Gasteiger partial charge is 0.317 e. The van der Waals surface area contributed by atoms with Crippen LogP contribution in [-0.2, 0) is 9.53 Å². The highest BCUT2D eigenvalue weighted by Gasteiger charge is 2.11. The zero-order valence-electron chi connectivity index (χ0n) is 12.1. The number of urea groups is 1. The summed E-state index contributed by atoms with van der Waals surface area (Å²) in [5, 5.41) is 11.4. The number of carbonyl (C=O) groups excluding carboxylic acids is 1. The van der Waals surface area contributed by atoms with E-state index in [1.54, 1.807) is 0 Å². The summed E-state index contributed by atoms with van der Waals surface area (Å²) in [5.41, 5.74) is 0. The summed E-state index contributed by atoms with van der Waals surface area (Å²) in [7, 11) is 0. The molecule has 0 aliphatic heterocycles. The van der Waals surface area contributed by atoms with E-state index in [1.807, 2.05) is 20.8 Å². The van der Waals surface area contributed by atoms with E-state index in [9.17, 15) is 9.59 Å². The Bertz CT molecular complexity index is 269. The maximum Gasteiger partial charge on any atom is 0.317 e. The average molecular weight is 274 g/mol. The van der Waals surface area contributed by atoms with E-state index in [1.165, 1.54) is 4.90 Å². The van der Waals surface area contributed by atoms with Crippen LogP contribution >= 0.6 is 0 Å². The van der Waals surface area contributed by atoms with Crippen molar-refractivity contribution in [1.29, 1.82) is 0 Å². The summed E-state index contributed by atoms with van der Waals surface area (Å²) in [6.45, 7) is 7.85.